The number of ether oxygens (including phenoxy) is 2. The van der Waals surface area contributed by atoms with Crippen molar-refractivity contribution in [2.75, 3.05) is 45.4 Å². The van der Waals surface area contributed by atoms with E-state index in [1.54, 1.807) is 4.90 Å². The van der Waals surface area contributed by atoms with Gasteiger partial charge in [0.05, 0.1) is 0 Å². The predicted octanol–water partition coefficient (Wildman–Crippen LogP) is 0.414. The van der Waals surface area contributed by atoms with E-state index in [0.29, 0.717) is 25.5 Å². The third-order valence-corrected chi connectivity index (χ3v) is 4.27. The monoisotopic (exact) mass is 353 g/mol. The number of amides is 2. The van der Waals surface area contributed by atoms with Gasteiger partial charge in [-0.3, -0.25) is 14.5 Å². The van der Waals surface area contributed by atoms with E-state index in [0.717, 1.165) is 36.7 Å². The van der Waals surface area contributed by atoms with Crippen LogP contribution in [0.4, 0.5) is 0 Å². The lowest BCUT2D eigenvalue weighted by Crippen LogP contribution is -2.52. The van der Waals surface area contributed by atoms with Crippen LogP contribution in [0.3, 0.4) is 0 Å². The highest BCUT2D eigenvalue weighted by Crippen LogP contribution is 2.32. The largest absolute Gasteiger partial charge is 0.454 e. The molecule has 2 aliphatic heterocycles. The van der Waals surface area contributed by atoms with Gasteiger partial charge >= 0.3 is 11.8 Å². The van der Waals surface area contributed by atoms with Crippen molar-refractivity contribution in [1.82, 2.24) is 15.1 Å². The maximum atomic E-state index is 12.0. The highest BCUT2D eigenvalue weighted by atomic mass is 35.5. The molecular formula is C16H20ClN3O4. The van der Waals surface area contributed by atoms with E-state index in [1.807, 2.05) is 18.2 Å². The van der Waals surface area contributed by atoms with Crippen molar-refractivity contribution in [3.05, 3.63) is 23.8 Å². The quantitative estimate of drug-likeness (QED) is 0.627. The number of alkyl halides is 1. The number of nitrogens with one attached hydrogen (secondary N) is 1. The number of fused-ring (bicyclic) bond motifs is 1. The Morgan fingerprint density at radius 1 is 1.12 bits per heavy atom. The third-order valence-electron chi connectivity index (χ3n) is 4.08. The van der Waals surface area contributed by atoms with Crippen molar-refractivity contribution < 1.29 is 19.1 Å². The summed E-state index contributed by atoms with van der Waals surface area (Å²) >= 11 is 5.50. The highest BCUT2D eigenvalue weighted by molar-refractivity contribution is 6.35. The van der Waals surface area contributed by atoms with E-state index in [1.165, 1.54) is 0 Å². The first-order valence-electron chi connectivity index (χ1n) is 7.91. The van der Waals surface area contributed by atoms with E-state index in [-0.39, 0.29) is 6.79 Å². The molecule has 3 rings (SSSR count). The average molecular weight is 354 g/mol. The first-order valence-corrected chi connectivity index (χ1v) is 8.45. The maximum Gasteiger partial charge on any atom is 0.311 e. The van der Waals surface area contributed by atoms with Crippen molar-refractivity contribution in [3.63, 3.8) is 0 Å². The lowest BCUT2D eigenvalue weighted by molar-refractivity contribution is -0.147. The molecule has 0 spiro atoms. The van der Waals surface area contributed by atoms with Crippen LogP contribution in [0.25, 0.3) is 0 Å². The Labute approximate surface area is 145 Å². The van der Waals surface area contributed by atoms with Crippen LogP contribution < -0.4 is 14.8 Å². The molecule has 2 amide bonds. The molecule has 1 fully saturated rings. The topological polar surface area (TPSA) is 71.1 Å². The molecule has 0 saturated carbocycles. The number of halogens is 1. The summed E-state index contributed by atoms with van der Waals surface area (Å²) in [6.45, 7) is 3.87. The van der Waals surface area contributed by atoms with Crippen LogP contribution in [0.15, 0.2) is 18.2 Å². The number of nitrogens with zero attached hydrogens (tertiary/aromatic N) is 2. The minimum atomic E-state index is -0.583. The van der Waals surface area contributed by atoms with E-state index < -0.39 is 11.8 Å². The summed E-state index contributed by atoms with van der Waals surface area (Å²) in [6, 6.07) is 5.92. The summed E-state index contributed by atoms with van der Waals surface area (Å²) in [5.41, 5.74) is 1.14. The summed E-state index contributed by atoms with van der Waals surface area (Å²) in [4.78, 5) is 27.5. The summed E-state index contributed by atoms with van der Waals surface area (Å²) in [5.74, 6) is 0.777. The Morgan fingerprint density at radius 2 is 1.88 bits per heavy atom. The van der Waals surface area contributed by atoms with Gasteiger partial charge in [0.1, 0.15) is 0 Å². The van der Waals surface area contributed by atoms with Crippen LogP contribution in [-0.2, 0) is 16.1 Å². The Bertz CT molecular complexity index is 617. The molecular weight excluding hydrogens is 334 g/mol. The fraction of sp³-hybridized carbons (Fsp3) is 0.500. The second-order valence-corrected chi connectivity index (χ2v) is 6.08. The lowest BCUT2D eigenvalue weighted by atomic mass is 10.1. The van der Waals surface area contributed by atoms with E-state index in [4.69, 9.17) is 21.1 Å². The summed E-state index contributed by atoms with van der Waals surface area (Å²) in [6.07, 6.45) is 0. The molecule has 0 unspecified atom stereocenters. The number of rotatable bonds is 4. The smallest absolute Gasteiger partial charge is 0.311 e. The third kappa shape index (κ3) is 3.91. The molecule has 2 aliphatic rings. The fourth-order valence-electron chi connectivity index (χ4n) is 2.79. The summed E-state index contributed by atoms with van der Waals surface area (Å²) in [7, 11) is 0. The number of carbonyl (C=O) groups is 2. The van der Waals surface area contributed by atoms with E-state index in [9.17, 15) is 9.59 Å². The van der Waals surface area contributed by atoms with Crippen LogP contribution in [0, 0.1) is 0 Å². The van der Waals surface area contributed by atoms with E-state index >= 15 is 0 Å². The number of hydrogen-bond acceptors (Lipinski definition) is 5. The lowest BCUT2D eigenvalue weighted by Gasteiger charge is -2.34. The second-order valence-electron chi connectivity index (χ2n) is 5.70. The Hall–Kier alpha value is -1.99. The number of hydrogen-bond donors (Lipinski definition) is 1. The van der Waals surface area contributed by atoms with Crippen molar-refractivity contribution in [1.29, 1.82) is 0 Å². The molecule has 1 aromatic carbocycles. The first kappa shape index (κ1) is 16.9. The first-order chi connectivity index (χ1) is 11.7. The molecule has 0 aromatic heterocycles. The summed E-state index contributed by atoms with van der Waals surface area (Å²) in [5, 5.41) is 2.50. The normalized spacial score (nSPS) is 17.0. The minimum absolute atomic E-state index is 0.269. The van der Waals surface area contributed by atoms with Crippen molar-refractivity contribution in [2.45, 2.75) is 6.54 Å². The molecule has 1 aromatic rings. The van der Waals surface area contributed by atoms with Crippen LogP contribution >= 0.6 is 11.6 Å². The van der Waals surface area contributed by atoms with Crippen LogP contribution in [-0.4, -0.2) is 67.0 Å². The van der Waals surface area contributed by atoms with Crippen molar-refractivity contribution in [2.24, 2.45) is 0 Å². The van der Waals surface area contributed by atoms with Gasteiger partial charge in [-0.25, -0.2) is 0 Å². The SMILES string of the molecule is O=C(NCCCl)C(=O)N1CCN(Cc2ccc3c(c2)OCO3)CC1. The average Bonchev–Trinajstić information content (AvgIpc) is 3.07. The fourth-order valence-corrected chi connectivity index (χ4v) is 2.88. The maximum absolute atomic E-state index is 12.0. The molecule has 1 saturated heterocycles. The van der Waals surface area contributed by atoms with Gasteiger partial charge in [-0.05, 0) is 17.7 Å². The molecule has 1 N–H and O–H groups in total. The van der Waals surface area contributed by atoms with Gasteiger partial charge in [0, 0.05) is 45.1 Å². The van der Waals surface area contributed by atoms with Gasteiger partial charge in [-0.1, -0.05) is 6.07 Å². The van der Waals surface area contributed by atoms with Gasteiger partial charge in [0.2, 0.25) is 6.79 Å². The van der Waals surface area contributed by atoms with Gasteiger partial charge in [0.25, 0.3) is 0 Å². The highest BCUT2D eigenvalue weighted by Gasteiger charge is 2.26. The standard InChI is InChI=1S/C16H20ClN3O4/c17-3-4-18-15(21)16(22)20-7-5-19(6-8-20)10-12-1-2-13-14(9-12)24-11-23-13/h1-2,9H,3-8,10-11H2,(H,18,21). The Kier molecular flexibility index (Phi) is 5.42. The van der Waals surface area contributed by atoms with Crippen LogP contribution in [0.5, 0.6) is 11.5 Å². The molecule has 130 valence electrons. The van der Waals surface area contributed by atoms with Crippen LogP contribution in [0.1, 0.15) is 5.56 Å². The van der Waals surface area contributed by atoms with Crippen molar-refractivity contribution >= 4 is 23.4 Å². The summed E-state index contributed by atoms with van der Waals surface area (Å²) < 4.78 is 10.7. The molecule has 0 aliphatic carbocycles. The van der Waals surface area contributed by atoms with Gasteiger partial charge in [0.15, 0.2) is 11.5 Å². The van der Waals surface area contributed by atoms with E-state index in [2.05, 4.69) is 10.2 Å². The molecule has 2 heterocycles. The molecule has 24 heavy (non-hydrogen) atoms. The molecule has 7 nitrogen and oxygen atoms in total. The van der Waals surface area contributed by atoms with Gasteiger partial charge in [-0.15, -0.1) is 11.6 Å². The number of carbonyl (C=O) groups excluding carboxylic acids is 2. The predicted molar refractivity (Wildman–Crippen MR) is 88.2 cm³/mol. The number of piperazine rings is 1. The van der Waals surface area contributed by atoms with Crippen molar-refractivity contribution in [3.8, 4) is 11.5 Å². The Morgan fingerprint density at radius 3 is 2.62 bits per heavy atom. The molecule has 8 heteroatoms. The molecule has 0 bridgehead atoms. The minimum Gasteiger partial charge on any atom is -0.454 e. The molecule has 0 radical (unpaired) electrons. The van der Waals surface area contributed by atoms with Gasteiger partial charge in [-0.2, -0.15) is 0 Å². The van der Waals surface area contributed by atoms with Gasteiger partial charge < -0.3 is 19.7 Å². The zero-order chi connectivity index (χ0) is 16.9. The Balaban J connectivity index is 1.48. The molecule has 0 atom stereocenters. The zero-order valence-corrected chi connectivity index (χ0v) is 14.1. The second kappa shape index (κ2) is 7.72. The van der Waals surface area contributed by atoms with Crippen LogP contribution in [0.2, 0.25) is 0 Å². The number of benzene rings is 1. The zero-order valence-electron chi connectivity index (χ0n) is 13.3.